The summed E-state index contributed by atoms with van der Waals surface area (Å²) in [6.45, 7) is 6.11. The van der Waals surface area contributed by atoms with Crippen LogP contribution in [0.5, 0.6) is 0 Å². The van der Waals surface area contributed by atoms with E-state index in [1.807, 2.05) is 13.8 Å². The third-order valence-corrected chi connectivity index (χ3v) is 5.87. The second kappa shape index (κ2) is 3.45. The molecule has 0 aliphatic heterocycles. The molecule has 6 unspecified atom stereocenters. The van der Waals surface area contributed by atoms with E-state index in [1.54, 1.807) is 6.08 Å². The van der Waals surface area contributed by atoms with Gasteiger partial charge >= 0.3 is 0 Å². The number of carbonyl (C=O) groups excluding carboxylic acids is 1. The number of allylic oxidation sites excluding steroid dienone is 1. The molecule has 0 aromatic carbocycles. The van der Waals surface area contributed by atoms with Crippen molar-refractivity contribution in [3.8, 4) is 0 Å². The summed E-state index contributed by atoms with van der Waals surface area (Å²) in [5.41, 5.74) is 0.0401. The van der Waals surface area contributed by atoms with E-state index in [9.17, 15) is 15.0 Å². The minimum atomic E-state index is -0.838. The predicted molar refractivity (Wildman–Crippen MR) is 67.8 cm³/mol. The molecule has 2 N–H and O–H groups in total. The van der Waals surface area contributed by atoms with E-state index in [0.29, 0.717) is 18.3 Å². The largest absolute Gasteiger partial charge is 0.396 e. The van der Waals surface area contributed by atoms with Gasteiger partial charge in [0.15, 0.2) is 5.78 Å². The first-order valence-corrected chi connectivity index (χ1v) is 6.92. The Kier molecular flexibility index (Phi) is 2.37. The minimum Gasteiger partial charge on any atom is -0.396 e. The zero-order valence-corrected chi connectivity index (χ0v) is 11.3. The lowest BCUT2D eigenvalue weighted by Gasteiger charge is -2.31. The van der Waals surface area contributed by atoms with E-state index >= 15 is 0 Å². The molecule has 0 spiro atoms. The third-order valence-electron chi connectivity index (χ3n) is 5.87. The van der Waals surface area contributed by atoms with Crippen LogP contribution >= 0.6 is 0 Å². The Morgan fingerprint density at radius 3 is 2.72 bits per heavy atom. The van der Waals surface area contributed by atoms with E-state index < -0.39 is 5.60 Å². The van der Waals surface area contributed by atoms with Crippen molar-refractivity contribution in [2.75, 3.05) is 6.61 Å². The summed E-state index contributed by atoms with van der Waals surface area (Å²) in [6.07, 6.45) is 3.32. The summed E-state index contributed by atoms with van der Waals surface area (Å²) in [7, 11) is 0. The maximum Gasteiger partial charge on any atom is 0.159 e. The molecule has 6 atom stereocenters. The van der Waals surface area contributed by atoms with E-state index in [2.05, 4.69) is 6.92 Å². The van der Waals surface area contributed by atoms with Crippen molar-refractivity contribution in [2.45, 2.75) is 39.2 Å². The lowest BCUT2D eigenvalue weighted by atomic mass is 9.78. The molecule has 0 saturated heterocycles. The average Bonchev–Trinajstić information content (AvgIpc) is 2.82. The Morgan fingerprint density at radius 1 is 1.44 bits per heavy atom. The zero-order chi connectivity index (χ0) is 13.3. The van der Waals surface area contributed by atoms with Gasteiger partial charge in [-0.1, -0.05) is 13.8 Å². The number of hydrogen-bond donors (Lipinski definition) is 2. The van der Waals surface area contributed by atoms with E-state index in [4.69, 9.17) is 0 Å². The van der Waals surface area contributed by atoms with Gasteiger partial charge in [0.05, 0.1) is 5.60 Å². The molecule has 18 heavy (non-hydrogen) atoms. The van der Waals surface area contributed by atoms with Crippen molar-refractivity contribution < 1.29 is 15.0 Å². The quantitative estimate of drug-likeness (QED) is 0.742. The van der Waals surface area contributed by atoms with Crippen LogP contribution in [-0.4, -0.2) is 28.2 Å². The maximum atomic E-state index is 12.0. The van der Waals surface area contributed by atoms with Crippen LogP contribution < -0.4 is 0 Å². The molecular weight excluding hydrogens is 228 g/mol. The molecule has 2 saturated carbocycles. The minimum absolute atomic E-state index is 0.0366. The highest BCUT2D eigenvalue weighted by atomic mass is 16.3. The number of hydrogen-bond acceptors (Lipinski definition) is 3. The lowest BCUT2D eigenvalue weighted by Crippen LogP contribution is -2.32. The molecule has 3 aliphatic rings. The number of fused-ring (bicyclic) bond motifs is 3. The van der Waals surface area contributed by atoms with Gasteiger partial charge in [0.2, 0.25) is 0 Å². The number of rotatable bonds is 1. The molecule has 0 aromatic rings. The molecule has 2 fully saturated rings. The van der Waals surface area contributed by atoms with Crippen molar-refractivity contribution in [1.82, 2.24) is 0 Å². The molecule has 0 amide bonds. The fourth-order valence-electron chi connectivity index (χ4n) is 4.52. The molecule has 100 valence electrons. The first-order valence-electron chi connectivity index (χ1n) is 6.92. The van der Waals surface area contributed by atoms with Crippen LogP contribution in [0.2, 0.25) is 0 Å². The highest BCUT2D eigenvalue weighted by Crippen LogP contribution is 2.69. The Labute approximate surface area is 108 Å². The van der Waals surface area contributed by atoms with E-state index in [-0.39, 0.29) is 29.6 Å². The van der Waals surface area contributed by atoms with Gasteiger partial charge in [0.25, 0.3) is 0 Å². The normalized spacial score (nSPS) is 54.5. The highest BCUT2D eigenvalue weighted by Gasteiger charge is 2.68. The van der Waals surface area contributed by atoms with Gasteiger partial charge < -0.3 is 10.2 Å². The van der Waals surface area contributed by atoms with Crippen LogP contribution in [0.15, 0.2) is 11.6 Å². The first kappa shape index (κ1) is 12.4. The topological polar surface area (TPSA) is 57.5 Å². The summed E-state index contributed by atoms with van der Waals surface area (Å²) in [6, 6.07) is 0. The van der Waals surface area contributed by atoms with E-state index in [0.717, 1.165) is 12.0 Å². The predicted octanol–water partition coefficient (Wildman–Crippen LogP) is 1.54. The molecule has 3 nitrogen and oxygen atoms in total. The van der Waals surface area contributed by atoms with Gasteiger partial charge in [-0.25, -0.2) is 0 Å². The Balaban J connectivity index is 2.03. The molecule has 3 heteroatoms. The number of ketones is 1. The smallest absolute Gasteiger partial charge is 0.159 e. The van der Waals surface area contributed by atoms with Gasteiger partial charge in [-0.3, -0.25) is 4.79 Å². The molecule has 0 aromatic heterocycles. The second-order valence-corrected chi connectivity index (χ2v) is 6.93. The van der Waals surface area contributed by atoms with Crippen LogP contribution in [-0.2, 0) is 4.79 Å². The molecule has 3 aliphatic carbocycles. The fraction of sp³-hybridized carbons (Fsp3) is 0.800. The van der Waals surface area contributed by atoms with Crippen molar-refractivity contribution in [3.63, 3.8) is 0 Å². The standard InChI is InChI=1S/C15H22O3/c1-8-11(17)6-10-12(8)13-9(14(13,2)7-16)4-5-15(10,3)18/h6,8-9,12-13,16,18H,4-5,7H2,1-3H3. The molecule has 0 bridgehead atoms. The van der Waals surface area contributed by atoms with Crippen molar-refractivity contribution in [2.24, 2.45) is 29.1 Å². The molecular formula is C15H22O3. The summed E-state index contributed by atoms with van der Waals surface area (Å²) >= 11 is 0. The summed E-state index contributed by atoms with van der Waals surface area (Å²) < 4.78 is 0. The lowest BCUT2D eigenvalue weighted by molar-refractivity contribution is -0.118. The Bertz CT molecular complexity index is 437. The highest BCUT2D eigenvalue weighted by molar-refractivity contribution is 5.96. The van der Waals surface area contributed by atoms with Crippen molar-refractivity contribution >= 4 is 5.78 Å². The Hall–Kier alpha value is -0.670. The first-order chi connectivity index (χ1) is 8.33. The van der Waals surface area contributed by atoms with Gasteiger partial charge in [0.1, 0.15) is 0 Å². The van der Waals surface area contributed by atoms with Crippen LogP contribution in [0.1, 0.15) is 33.6 Å². The summed E-state index contributed by atoms with van der Waals surface area (Å²) in [5, 5.41) is 20.2. The summed E-state index contributed by atoms with van der Waals surface area (Å²) in [4.78, 5) is 12.0. The third kappa shape index (κ3) is 1.35. The second-order valence-electron chi connectivity index (χ2n) is 6.93. The number of aliphatic hydroxyl groups excluding tert-OH is 1. The average molecular weight is 250 g/mol. The van der Waals surface area contributed by atoms with Crippen molar-refractivity contribution in [3.05, 3.63) is 11.6 Å². The fourth-order valence-corrected chi connectivity index (χ4v) is 4.52. The van der Waals surface area contributed by atoms with Crippen LogP contribution in [0.4, 0.5) is 0 Å². The maximum absolute atomic E-state index is 12.0. The molecule has 0 radical (unpaired) electrons. The SMILES string of the molecule is CC1C(=O)C=C2C1C1C(CCC2(C)O)C1(C)CO. The van der Waals surface area contributed by atoms with Crippen molar-refractivity contribution in [1.29, 1.82) is 0 Å². The number of carbonyl (C=O) groups is 1. The Morgan fingerprint density at radius 2 is 2.11 bits per heavy atom. The van der Waals surface area contributed by atoms with Crippen LogP contribution in [0, 0.1) is 29.1 Å². The van der Waals surface area contributed by atoms with Gasteiger partial charge in [-0.2, -0.15) is 0 Å². The monoisotopic (exact) mass is 250 g/mol. The van der Waals surface area contributed by atoms with E-state index in [1.165, 1.54) is 0 Å². The summed E-state index contributed by atoms with van der Waals surface area (Å²) in [5.74, 6) is 1.06. The number of aliphatic hydroxyl groups is 2. The van der Waals surface area contributed by atoms with Gasteiger partial charge in [0, 0.05) is 12.5 Å². The molecule has 3 rings (SSSR count). The zero-order valence-electron chi connectivity index (χ0n) is 11.3. The van der Waals surface area contributed by atoms with Crippen LogP contribution in [0.25, 0.3) is 0 Å². The van der Waals surface area contributed by atoms with Crippen LogP contribution in [0.3, 0.4) is 0 Å². The van der Waals surface area contributed by atoms with Gasteiger partial charge in [-0.15, -0.1) is 0 Å². The van der Waals surface area contributed by atoms with Gasteiger partial charge in [-0.05, 0) is 54.6 Å². The molecule has 0 heterocycles.